The highest BCUT2D eigenvalue weighted by Gasteiger charge is 2.18. The molecule has 1 heterocycles. The first-order valence-corrected chi connectivity index (χ1v) is 13.5. The van der Waals surface area contributed by atoms with Crippen molar-refractivity contribution >= 4 is 0 Å². The number of rotatable bonds is 23. The van der Waals surface area contributed by atoms with Gasteiger partial charge in [-0.1, -0.05) is 70.4 Å². The van der Waals surface area contributed by atoms with Crippen molar-refractivity contribution in [1.82, 2.24) is 0 Å². The first-order chi connectivity index (χ1) is 16.7. The van der Waals surface area contributed by atoms with Crippen LogP contribution in [0.1, 0.15) is 96.8 Å². The van der Waals surface area contributed by atoms with Gasteiger partial charge in [-0.2, -0.15) is 0 Å². The summed E-state index contributed by atoms with van der Waals surface area (Å²) in [5.74, 6) is 0. The van der Waals surface area contributed by atoms with Crippen molar-refractivity contribution in [3.05, 3.63) is 12.2 Å². The topological polar surface area (TPSA) is 75.6 Å². The number of hydrogen-bond donors (Lipinski definition) is 1. The van der Waals surface area contributed by atoms with Gasteiger partial charge in [0.1, 0.15) is 13.6 Å². The average Bonchev–Trinajstić information content (AvgIpc) is 2.86. The smallest absolute Gasteiger partial charge is 0.157 e. The van der Waals surface area contributed by atoms with Gasteiger partial charge < -0.3 is 33.5 Å². The van der Waals surface area contributed by atoms with Gasteiger partial charge in [0.15, 0.2) is 6.29 Å². The van der Waals surface area contributed by atoms with Crippen LogP contribution in [0.5, 0.6) is 0 Å². The molecule has 34 heavy (non-hydrogen) atoms. The van der Waals surface area contributed by atoms with E-state index in [9.17, 15) is 5.11 Å². The van der Waals surface area contributed by atoms with Crippen molar-refractivity contribution < 1.29 is 33.5 Å². The maximum Gasteiger partial charge on any atom is 0.157 e. The van der Waals surface area contributed by atoms with Crippen molar-refractivity contribution in [2.45, 2.75) is 121 Å². The molecule has 7 nitrogen and oxygen atoms in total. The molecule has 0 aliphatic carbocycles. The summed E-state index contributed by atoms with van der Waals surface area (Å²) in [6, 6.07) is 0. The Labute approximate surface area is 208 Å². The van der Waals surface area contributed by atoms with Crippen molar-refractivity contribution in [3.63, 3.8) is 0 Å². The third kappa shape index (κ3) is 17.0. The summed E-state index contributed by atoms with van der Waals surface area (Å²) < 4.78 is 33.0. The average molecular weight is 489 g/mol. The quantitative estimate of drug-likeness (QED) is 0.112. The fourth-order valence-corrected chi connectivity index (χ4v) is 4.07. The Balaban J connectivity index is 2.23. The summed E-state index contributed by atoms with van der Waals surface area (Å²) in [7, 11) is 3.22. The molecule has 0 amide bonds. The molecule has 0 spiro atoms. The van der Waals surface area contributed by atoms with Crippen LogP contribution < -0.4 is 0 Å². The van der Waals surface area contributed by atoms with Crippen molar-refractivity contribution in [2.75, 3.05) is 41.0 Å². The minimum Gasteiger partial charge on any atom is -0.386 e. The molecule has 1 saturated heterocycles. The van der Waals surface area contributed by atoms with Gasteiger partial charge in [-0.3, -0.25) is 0 Å². The molecule has 1 N–H and O–H groups in total. The van der Waals surface area contributed by atoms with Gasteiger partial charge in [0.25, 0.3) is 0 Å². The largest absolute Gasteiger partial charge is 0.386 e. The molecule has 0 radical (unpaired) electrons. The highest BCUT2D eigenvalue weighted by atomic mass is 16.7. The highest BCUT2D eigenvalue weighted by molar-refractivity contribution is 4.97. The molecule has 0 saturated carbocycles. The normalized spacial score (nSPS) is 19.5. The molecule has 0 aromatic heterocycles. The number of hydrogen-bond acceptors (Lipinski definition) is 7. The summed E-state index contributed by atoms with van der Waals surface area (Å²) in [5.41, 5.74) is 0. The lowest BCUT2D eigenvalue weighted by Crippen LogP contribution is -2.28. The molecule has 0 aromatic carbocycles. The number of aliphatic hydroxyl groups is 1. The zero-order chi connectivity index (χ0) is 24.7. The Kier molecular flexibility index (Phi) is 21.2. The molecule has 1 aliphatic rings. The number of methoxy groups -OCH3 is 2. The van der Waals surface area contributed by atoms with E-state index in [4.69, 9.17) is 28.4 Å². The van der Waals surface area contributed by atoms with E-state index in [1.807, 2.05) is 12.2 Å². The molecular weight excluding hydrogens is 436 g/mol. The third-order valence-electron chi connectivity index (χ3n) is 6.12. The summed E-state index contributed by atoms with van der Waals surface area (Å²) in [4.78, 5) is 0. The molecule has 0 bridgehead atoms. The predicted molar refractivity (Wildman–Crippen MR) is 135 cm³/mol. The Morgan fingerprint density at radius 1 is 0.853 bits per heavy atom. The van der Waals surface area contributed by atoms with Crippen LogP contribution in [0.3, 0.4) is 0 Å². The van der Waals surface area contributed by atoms with E-state index in [1.165, 1.54) is 32.1 Å². The van der Waals surface area contributed by atoms with Gasteiger partial charge in [0.05, 0.1) is 18.3 Å². The summed E-state index contributed by atoms with van der Waals surface area (Å²) >= 11 is 0. The van der Waals surface area contributed by atoms with Crippen LogP contribution in [0, 0.1) is 0 Å². The van der Waals surface area contributed by atoms with Crippen LogP contribution in [0.4, 0.5) is 0 Å². The first kappa shape index (κ1) is 31.5. The molecule has 4 atom stereocenters. The minimum atomic E-state index is -0.679. The SMILES string of the molecule is CCCCC[C@H](OCOC)[C@H](O)/C=C/[C@H](CCCCCCCCOC1CCCCO1)OCOC. The van der Waals surface area contributed by atoms with Gasteiger partial charge in [-0.05, 0) is 38.5 Å². The van der Waals surface area contributed by atoms with Crippen LogP contribution in [0.15, 0.2) is 12.2 Å². The summed E-state index contributed by atoms with van der Waals surface area (Å²) in [6.45, 7) is 4.25. The Bertz CT molecular complexity index is 454. The van der Waals surface area contributed by atoms with E-state index in [1.54, 1.807) is 14.2 Å². The second kappa shape index (κ2) is 22.9. The Hall–Kier alpha value is -0.540. The van der Waals surface area contributed by atoms with Gasteiger partial charge >= 0.3 is 0 Å². The molecule has 1 unspecified atom stereocenters. The molecular formula is C27H52O7. The molecule has 202 valence electrons. The lowest BCUT2D eigenvalue weighted by atomic mass is 10.0. The Morgan fingerprint density at radius 2 is 1.56 bits per heavy atom. The maximum atomic E-state index is 10.6. The maximum absolute atomic E-state index is 10.6. The van der Waals surface area contributed by atoms with Crippen LogP contribution in [-0.2, 0) is 28.4 Å². The molecule has 7 heteroatoms. The van der Waals surface area contributed by atoms with E-state index >= 15 is 0 Å². The minimum absolute atomic E-state index is 0.0301. The fourth-order valence-electron chi connectivity index (χ4n) is 4.07. The standard InChI is InChI=1S/C27H52O7/c1-4-5-10-16-26(34-23-30-3)25(28)19-18-24(33-22-29-2)15-11-8-6-7-9-13-20-31-27-17-12-14-21-32-27/h18-19,24-28H,4-17,20-23H2,1-3H3/b19-18+/t24-,25+,26-,27?/m0/s1. The Morgan fingerprint density at radius 3 is 2.26 bits per heavy atom. The molecule has 0 aromatic rings. The molecule has 1 fully saturated rings. The van der Waals surface area contributed by atoms with E-state index in [0.29, 0.717) is 0 Å². The first-order valence-electron chi connectivity index (χ1n) is 13.5. The van der Waals surface area contributed by atoms with E-state index < -0.39 is 6.10 Å². The van der Waals surface area contributed by atoms with Gasteiger partial charge in [-0.25, -0.2) is 0 Å². The second-order valence-corrected chi connectivity index (χ2v) is 9.17. The fraction of sp³-hybridized carbons (Fsp3) is 0.926. The monoisotopic (exact) mass is 488 g/mol. The number of unbranched alkanes of at least 4 members (excludes halogenated alkanes) is 7. The third-order valence-corrected chi connectivity index (χ3v) is 6.12. The zero-order valence-corrected chi connectivity index (χ0v) is 22.1. The van der Waals surface area contributed by atoms with Crippen LogP contribution >= 0.6 is 0 Å². The van der Waals surface area contributed by atoms with E-state index in [2.05, 4.69) is 6.92 Å². The zero-order valence-electron chi connectivity index (χ0n) is 22.1. The van der Waals surface area contributed by atoms with Gasteiger partial charge in [0.2, 0.25) is 0 Å². The lowest BCUT2D eigenvalue weighted by Gasteiger charge is -2.22. The predicted octanol–water partition coefficient (Wildman–Crippen LogP) is 5.74. The van der Waals surface area contributed by atoms with Gasteiger partial charge in [0, 0.05) is 27.4 Å². The molecule has 1 aliphatic heterocycles. The van der Waals surface area contributed by atoms with Crippen LogP contribution in [0.2, 0.25) is 0 Å². The van der Waals surface area contributed by atoms with E-state index in [0.717, 1.165) is 71.0 Å². The highest BCUT2D eigenvalue weighted by Crippen LogP contribution is 2.16. The van der Waals surface area contributed by atoms with Crippen LogP contribution in [0.25, 0.3) is 0 Å². The van der Waals surface area contributed by atoms with E-state index in [-0.39, 0.29) is 32.1 Å². The molecule has 1 rings (SSSR count). The van der Waals surface area contributed by atoms with Crippen LogP contribution in [-0.4, -0.2) is 70.7 Å². The number of ether oxygens (including phenoxy) is 6. The van der Waals surface area contributed by atoms with Crippen molar-refractivity contribution in [1.29, 1.82) is 0 Å². The second-order valence-electron chi connectivity index (χ2n) is 9.17. The summed E-state index contributed by atoms with van der Waals surface area (Å²) in [6.07, 6.45) is 18.2. The lowest BCUT2D eigenvalue weighted by molar-refractivity contribution is -0.162. The van der Waals surface area contributed by atoms with Gasteiger partial charge in [-0.15, -0.1) is 0 Å². The van der Waals surface area contributed by atoms with Crippen molar-refractivity contribution in [2.24, 2.45) is 0 Å². The number of aliphatic hydroxyl groups excluding tert-OH is 1. The van der Waals surface area contributed by atoms with Crippen molar-refractivity contribution in [3.8, 4) is 0 Å². The summed E-state index contributed by atoms with van der Waals surface area (Å²) in [5, 5.41) is 10.6.